The molecule has 0 heterocycles. The molecular weight excluding hydrogens is 289 g/mol. The standard InChI is InChI=1S/C11H8Cl3FO2/c12-7-3-5(1-2-6(7)4-15)8-9(10(16)17)11(8,13)14/h1-3,8-9H,4H2,(H,16,17). The maximum Gasteiger partial charge on any atom is 0.310 e. The van der Waals surface area contributed by atoms with E-state index in [2.05, 4.69) is 0 Å². The zero-order valence-corrected chi connectivity index (χ0v) is 10.7. The maximum atomic E-state index is 12.5. The van der Waals surface area contributed by atoms with E-state index < -0.39 is 28.8 Å². The van der Waals surface area contributed by atoms with Crippen LogP contribution in [0.1, 0.15) is 17.0 Å². The average Bonchev–Trinajstić information content (AvgIpc) is 2.81. The van der Waals surface area contributed by atoms with E-state index in [-0.39, 0.29) is 5.02 Å². The highest BCUT2D eigenvalue weighted by atomic mass is 35.5. The van der Waals surface area contributed by atoms with Crippen LogP contribution in [0.3, 0.4) is 0 Å². The van der Waals surface area contributed by atoms with Crippen LogP contribution >= 0.6 is 34.8 Å². The minimum atomic E-state index is -1.31. The lowest BCUT2D eigenvalue weighted by Crippen LogP contribution is -2.03. The van der Waals surface area contributed by atoms with Gasteiger partial charge in [0.05, 0.1) is 5.92 Å². The van der Waals surface area contributed by atoms with Gasteiger partial charge in [-0.3, -0.25) is 4.79 Å². The van der Waals surface area contributed by atoms with Crippen LogP contribution in [0.15, 0.2) is 18.2 Å². The molecule has 0 bridgehead atoms. The molecule has 0 saturated heterocycles. The fourth-order valence-electron chi connectivity index (χ4n) is 1.91. The van der Waals surface area contributed by atoms with Gasteiger partial charge < -0.3 is 5.11 Å². The first-order chi connectivity index (χ1) is 7.89. The van der Waals surface area contributed by atoms with E-state index in [0.29, 0.717) is 11.1 Å². The van der Waals surface area contributed by atoms with Crippen molar-refractivity contribution in [1.29, 1.82) is 0 Å². The Labute approximate surface area is 112 Å². The molecule has 0 radical (unpaired) electrons. The quantitative estimate of drug-likeness (QED) is 0.862. The summed E-state index contributed by atoms with van der Waals surface area (Å²) in [7, 11) is 0. The Morgan fingerprint density at radius 2 is 2.12 bits per heavy atom. The van der Waals surface area contributed by atoms with Crippen LogP contribution < -0.4 is 0 Å². The summed E-state index contributed by atoms with van der Waals surface area (Å²) in [6.45, 7) is -0.668. The molecule has 0 aromatic heterocycles. The van der Waals surface area contributed by atoms with Gasteiger partial charge in [-0.15, -0.1) is 0 Å². The van der Waals surface area contributed by atoms with Gasteiger partial charge in [0.2, 0.25) is 0 Å². The lowest BCUT2D eigenvalue weighted by Gasteiger charge is -2.04. The predicted molar refractivity (Wildman–Crippen MR) is 64.6 cm³/mol. The molecule has 2 unspecified atom stereocenters. The molecule has 17 heavy (non-hydrogen) atoms. The largest absolute Gasteiger partial charge is 0.481 e. The molecule has 1 aromatic carbocycles. The maximum absolute atomic E-state index is 12.5. The molecule has 0 spiro atoms. The number of carboxylic acids is 1. The van der Waals surface area contributed by atoms with Crippen LogP contribution in [0.25, 0.3) is 0 Å². The number of carbonyl (C=O) groups is 1. The Bertz CT molecular complexity index is 476. The molecule has 2 rings (SSSR count). The number of rotatable bonds is 3. The zero-order chi connectivity index (χ0) is 12.8. The Balaban J connectivity index is 2.31. The predicted octanol–water partition coefficient (Wildman–Crippen LogP) is 3.78. The number of benzene rings is 1. The van der Waals surface area contributed by atoms with Crippen molar-refractivity contribution in [3.63, 3.8) is 0 Å². The minimum absolute atomic E-state index is 0.255. The van der Waals surface area contributed by atoms with Crippen molar-refractivity contribution in [3.8, 4) is 0 Å². The molecule has 2 atom stereocenters. The lowest BCUT2D eigenvalue weighted by atomic mass is 10.1. The fourth-order valence-corrected chi connectivity index (χ4v) is 2.97. The summed E-state index contributed by atoms with van der Waals surface area (Å²) in [5.74, 6) is -2.40. The first kappa shape index (κ1) is 12.9. The SMILES string of the molecule is O=C(O)C1C(c2ccc(CF)c(Cl)c2)C1(Cl)Cl. The Hall–Kier alpha value is -0.510. The summed E-state index contributed by atoms with van der Waals surface area (Å²) in [6.07, 6.45) is 0. The summed E-state index contributed by atoms with van der Waals surface area (Å²) in [4.78, 5) is 10.9. The number of alkyl halides is 3. The summed E-state index contributed by atoms with van der Waals surface area (Å²) < 4.78 is 11.1. The third-order valence-corrected chi connectivity index (χ3v) is 4.19. The topological polar surface area (TPSA) is 37.3 Å². The highest BCUT2D eigenvalue weighted by molar-refractivity contribution is 6.53. The van der Waals surface area contributed by atoms with E-state index >= 15 is 0 Å². The number of hydrogen-bond acceptors (Lipinski definition) is 1. The molecule has 6 heteroatoms. The highest BCUT2D eigenvalue weighted by Crippen LogP contribution is 2.65. The van der Waals surface area contributed by atoms with E-state index in [1.54, 1.807) is 6.07 Å². The highest BCUT2D eigenvalue weighted by Gasteiger charge is 2.68. The molecular formula is C11H8Cl3FO2. The Kier molecular flexibility index (Phi) is 3.27. The van der Waals surface area contributed by atoms with Crippen molar-refractivity contribution in [2.45, 2.75) is 16.9 Å². The van der Waals surface area contributed by atoms with Crippen molar-refractivity contribution >= 4 is 40.8 Å². The van der Waals surface area contributed by atoms with E-state index in [9.17, 15) is 9.18 Å². The first-order valence-electron chi connectivity index (χ1n) is 4.84. The van der Waals surface area contributed by atoms with Gasteiger partial charge in [-0.25, -0.2) is 4.39 Å². The van der Waals surface area contributed by atoms with Gasteiger partial charge in [-0.1, -0.05) is 46.9 Å². The van der Waals surface area contributed by atoms with Crippen LogP contribution in [0.5, 0.6) is 0 Å². The van der Waals surface area contributed by atoms with Gasteiger partial charge in [0.15, 0.2) is 0 Å². The van der Waals surface area contributed by atoms with Crippen LogP contribution in [-0.2, 0) is 11.5 Å². The van der Waals surface area contributed by atoms with Gasteiger partial charge in [0, 0.05) is 16.5 Å². The number of aliphatic carboxylic acids is 1. The molecule has 92 valence electrons. The molecule has 1 aliphatic rings. The van der Waals surface area contributed by atoms with Crippen molar-refractivity contribution in [3.05, 3.63) is 34.3 Å². The number of hydrogen-bond donors (Lipinski definition) is 1. The number of carboxylic acid groups (broad SMARTS) is 1. The Morgan fingerprint density at radius 1 is 1.47 bits per heavy atom. The van der Waals surface area contributed by atoms with Crippen molar-refractivity contribution in [2.24, 2.45) is 5.92 Å². The third kappa shape index (κ3) is 2.12. The minimum Gasteiger partial charge on any atom is -0.481 e. The van der Waals surface area contributed by atoms with Crippen LogP contribution in [0.4, 0.5) is 4.39 Å². The second-order valence-electron chi connectivity index (χ2n) is 3.95. The van der Waals surface area contributed by atoms with Gasteiger partial charge in [-0.2, -0.15) is 0 Å². The van der Waals surface area contributed by atoms with Gasteiger partial charge >= 0.3 is 5.97 Å². The second-order valence-corrected chi connectivity index (χ2v) is 5.80. The third-order valence-electron chi connectivity index (χ3n) is 2.90. The second kappa shape index (κ2) is 4.30. The summed E-state index contributed by atoms with van der Waals surface area (Å²) >= 11 is 17.6. The van der Waals surface area contributed by atoms with Crippen molar-refractivity contribution in [1.82, 2.24) is 0 Å². The van der Waals surface area contributed by atoms with Gasteiger partial charge in [0.1, 0.15) is 11.0 Å². The summed E-state index contributed by atoms with van der Waals surface area (Å²) in [5, 5.41) is 9.18. The molecule has 0 amide bonds. The molecule has 1 aliphatic carbocycles. The molecule has 0 aliphatic heterocycles. The monoisotopic (exact) mass is 296 g/mol. The lowest BCUT2D eigenvalue weighted by molar-refractivity contribution is -0.138. The molecule has 1 N–H and O–H groups in total. The van der Waals surface area contributed by atoms with E-state index in [1.807, 2.05) is 0 Å². The Morgan fingerprint density at radius 3 is 2.53 bits per heavy atom. The first-order valence-corrected chi connectivity index (χ1v) is 5.98. The van der Waals surface area contributed by atoms with E-state index in [0.717, 1.165) is 0 Å². The molecule has 1 fully saturated rings. The van der Waals surface area contributed by atoms with Gasteiger partial charge in [0.25, 0.3) is 0 Å². The van der Waals surface area contributed by atoms with E-state index in [4.69, 9.17) is 39.9 Å². The normalized spacial score (nSPS) is 25.6. The molecule has 2 nitrogen and oxygen atoms in total. The van der Waals surface area contributed by atoms with Gasteiger partial charge in [-0.05, 0) is 11.6 Å². The average molecular weight is 298 g/mol. The van der Waals surface area contributed by atoms with E-state index in [1.165, 1.54) is 12.1 Å². The van der Waals surface area contributed by atoms with Crippen molar-refractivity contribution in [2.75, 3.05) is 0 Å². The van der Waals surface area contributed by atoms with Crippen LogP contribution in [0.2, 0.25) is 5.02 Å². The fraction of sp³-hybridized carbons (Fsp3) is 0.364. The molecule has 1 saturated carbocycles. The van der Waals surface area contributed by atoms with Crippen LogP contribution in [0, 0.1) is 5.92 Å². The zero-order valence-electron chi connectivity index (χ0n) is 8.46. The number of halogens is 4. The van der Waals surface area contributed by atoms with Crippen molar-refractivity contribution < 1.29 is 14.3 Å². The summed E-state index contributed by atoms with van der Waals surface area (Å²) in [5.41, 5.74) is 0.974. The molecule has 1 aromatic rings. The summed E-state index contributed by atoms with van der Waals surface area (Å²) in [6, 6.07) is 4.64. The smallest absolute Gasteiger partial charge is 0.310 e. The van der Waals surface area contributed by atoms with Crippen LogP contribution in [-0.4, -0.2) is 15.4 Å².